The SMILES string of the molecule is C[C@H](N)C(=O)O.NC(N)=NCCC[C@H](N)C(=O)O.NCCCC[C@H](N)C(=O)O.NCCC[C@H](N)C(=O)O. The summed E-state index contributed by atoms with van der Waals surface area (Å²) in [6, 6.07) is -3.01. The minimum atomic E-state index is -1.00. The zero-order valence-electron chi connectivity index (χ0n) is 21.4. The highest BCUT2D eigenvalue weighted by molar-refractivity contribution is 5.75. The van der Waals surface area contributed by atoms with E-state index in [9.17, 15) is 19.2 Å². The molecule has 0 fully saturated rings. The molecule has 0 bridgehead atoms. The molecular weight excluding hydrogens is 494 g/mol. The first-order chi connectivity index (χ1) is 17.0. The van der Waals surface area contributed by atoms with Gasteiger partial charge in [0.1, 0.15) is 24.2 Å². The summed E-state index contributed by atoms with van der Waals surface area (Å²) in [5.74, 6) is -3.84. The van der Waals surface area contributed by atoms with Crippen LogP contribution in [0.4, 0.5) is 0 Å². The van der Waals surface area contributed by atoms with E-state index >= 15 is 0 Å². The second kappa shape index (κ2) is 27.5. The number of hydrogen-bond donors (Lipinski definition) is 12. The fourth-order valence-electron chi connectivity index (χ4n) is 1.74. The molecule has 0 saturated heterocycles. The van der Waals surface area contributed by atoms with Crippen molar-refractivity contribution < 1.29 is 39.6 Å². The Kier molecular flexibility index (Phi) is 30.5. The van der Waals surface area contributed by atoms with Gasteiger partial charge in [-0.05, 0) is 58.5 Å². The van der Waals surface area contributed by atoms with Crippen molar-refractivity contribution in [3.05, 3.63) is 0 Å². The number of carbonyl (C=O) groups is 4. The Morgan fingerprint density at radius 2 is 0.946 bits per heavy atom. The van der Waals surface area contributed by atoms with Gasteiger partial charge in [0.15, 0.2) is 5.96 Å². The molecule has 0 aromatic heterocycles. The monoisotopic (exact) mass is 541 g/mol. The molecule has 17 heteroatoms. The maximum atomic E-state index is 10.2. The minimum Gasteiger partial charge on any atom is -0.480 e. The smallest absolute Gasteiger partial charge is 0.320 e. The molecule has 0 spiro atoms. The molecule has 0 unspecified atom stereocenters. The zero-order valence-corrected chi connectivity index (χ0v) is 21.4. The highest BCUT2D eigenvalue weighted by atomic mass is 16.4. The Bertz CT molecular complexity index is 647. The molecule has 0 aliphatic heterocycles. The highest BCUT2D eigenvalue weighted by Gasteiger charge is 2.10. The third kappa shape index (κ3) is 37.6. The van der Waals surface area contributed by atoms with Crippen LogP contribution in [0.5, 0.6) is 0 Å². The Morgan fingerprint density at radius 3 is 1.22 bits per heavy atom. The molecule has 0 aromatic rings. The average molecular weight is 542 g/mol. The molecule has 0 heterocycles. The van der Waals surface area contributed by atoms with Crippen LogP contribution < -0.4 is 45.9 Å². The first kappa shape index (κ1) is 41.1. The van der Waals surface area contributed by atoms with Gasteiger partial charge in [-0.3, -0.25) is 24.2 Å². The summed E-state index contributed by atoms with van der Waals surface area (Å²) < 4.78 is 0. The molecular formula is C20H47N9O8. The van der Waals surface area contributed by atoms with Crippen LogP contribution in [0.2, 0.25) is 0 Å². The molecule has 0 amide bonds. The van der Waals surface area contributed by atoms with E-state index in [1.165, 1.54) is 6.92 Å². The molecule has 0 aliphatic carbocycles. The van der Waals surface area contributed by atoms with E-state index in [4.69, 9.17) is 66.3 Å². The van der Waals surface area contributed by atoms with Crippen molar-refractivity contribution in [1.29, 1.82) is 0 Å². The van der Waals surface area contributed by atoms with E-state index in [-0.39, 0.29) is 5.96 Å². The summed E-state index contributed by atoms with van der Waals surface area (Å²) in [5.41, 5.74) is 40.9. The van der Waals surface area contributed by atoms with Gasteiger partial charge < -0.3 is 66.3 Å². The quantitative estimate of drug-likeness (QED) is 0.0543. The summed E-state index contributed by atoms with van der Waals surface area (Å²) in [7, 11) is 0. The largest absolute Gasteiger partial charge is 0.480 e. The van der Waals surface area contributed by atoms with E-state index in [0.29, 0.717) is 51.7 Å². The number of nitrogens with two attached hydrogens (primary N) is 8. The molecule has 220 valence electrons. The van der Waals surface area contributed by atoms with Crippen LogP contribution in [0, 0.1) is 0 Å². The van der Waals surface area contributed by atoms with Gasteiger partial charge in [0, 0.05) is 6.54 Å². The number of guanidine groups is 1. The second-order valence-electron chi connectivity index (χ2n) is 7.63. The zero-order chi connectivity index (χ0) is 30.0. The van der Waals surface area contributed by atoms with Crippen molar-refractivity contribution in [2.24, 2.45) is 50.9 Å². The molecule has 0 rings (SSSR count). The predicted octanol–water partition coefficient (Wildman–Crippen LogP) is -3.47. The Balaban J connectivity index is -0.000000201. The number of carboxylic acid groups (broad SMARTS) is 4. The molecule has 4 atom stereocenters. The Labute approximate surface area is 216 Å². The van der Waals surface area contributed by atoms with Crippen LogP contribution in [0.15, 0.2) is 4.99 Å². The lowest BCUT2D eigenvalue weighted by Crippen LogP contribution is -2.30. The standard InChI is InChI=1S/C6H14N4O2.C6H14N2O2.C5H12N2O2.C3H7NO2/c7-4(5(11)12)2-1-3-10-6(8)9;7-4-2-1-3-5(8)6(9)10;6-3-1-2-4(7)5(8)9;1-2(4)3(5)6/h4H,1-3,7H2,(H,11,12)(H4,8,9,10);5H,1-4,7-8H2,(H,9,10);4H,1-3,6-7H2,(H,8,9);2H,4H2,1H3,(H,5,6)/t4-;5-;4-;2-/m0000/s1. The van der Waals surface area contributed by atoms with E-state index in [1.54, 1.807) is 0 Å². The van der Waals surface area contributed by atoms with Crippen LogP contribution in [0.25, 0.3) is 0 Å². The summed E-state index contributed by atoms with van der Waals surface area (Å²) >= 11 is 0. The van der Waals surface area contributed by atoms with Gasteiger partial charge in [-0.15, -0.1) is 0 Å². The number of unbranched alkanes of at least 4 members (excludes halogenated alkanes) is 1. The maximum Gasteiger partial charge on any atom is 0.320 e. The molecule has 20 N–H and O–H groups in total. The second-order valence-corrected chi connectivity index (χ2v) is 7.63. The molecule has 0 aliphatic rings. The maximum absolute atomic E-state index is 10.2. The third-order valence-electron chi connectivity index (χ3n) is 4.00. The number of aliphatic carboxylic acids is 4. The van der Waals surface area contributed by atoms with Gasteiger partial charge in [-0.2, -0.15) is 0 Å². The van der Waals surface area contributed by atoms with Crippen molar-refractivity contribution in [3.63, 3.8) is 0 Å². The number of nitrogens with zero attached hydrogens (tertiary/aromatic N) is 1. The van der Waals surface area contributed by atoms with Crippen molar-refractivity contribution in [1.82, 2.24) is 0 Å². The molecule has 0 saturated carbocycles. The predicted molar refractivity (Wildman–Crippen MR) is 139 cm³/mol. The van der Waals surface area contributed by atoms with Gasteiger partial charge in [0.05, 0.1) is 0 Å². The van der Waals surface area contributed by atoms with Gasteiger partial charge >= 0.3 is 23.9 Å². The van der Waals surface area contributed by atoms with Gasteiger partial charge in [-0.25, -0.2) is 0 Å². The van der Waals surface area contributed by atoms with E-state index in [2.05, 4.69) is 4.99 Å². The van der Waals surface area contributed by atoms with E-state index in [1.807, 2.05) is 0 Å². The number of rotatable bonds is 15. The van der Waals surface area contributed by atoms with Crippen LogP contribution in [-0.4, -0.2) is 94.1 Å². The minimum absolute atomic E-state index is 0.0129. The van der Waals surface area contributed by atoms with Crippen molar-refractivity contribution >= 4 is 29.8 Å². The third-order valence-corrected chi connectivity index (χ3v) is 4.00. The summed E-state index contributed by atoms with van der Waals surface area (Å²) in [6.45, 7) is 2.94. The van der Waals surface area contributed by atoms with Gasteiger partial charge in [0.25, 0.3) is 0 Å². The number of aliphatic imine (C=N–C) groups is 1. The normalized spacial score (nSPS) is 12.8. The van der Waals surface area contributed by atoms with Crippen LogP contribution >= 0.6 is 0 Å². The van der Waals surface area contributed by atoms with Crippen LogP contribution in [0.1, 0.15) is 51.9 Å². The number of carboxylic acids is 4. The van der Waals surface area contributed by atoms with Crippen molar-refractivity contribution in [2.45, 2.75) is 76.0 Å². The summed E-state index contributed by atoms with van der Waals surface area (Å²) in [5, 5.41) is 32.8. The molecule has 37 heavy (non-hydrogen) atoms. The first-order valence-electron chi connectivity index (χ1n) is 11.4. The first-order valence-corrected chi connectivity index (χ1v) is 11.4. The average Bonchev–Trinajstić information content (AvgIpc) is 2.80. The fraction of sp³-hybridized carbons (Fsp3) is 0.750. The van der Waals surface area contributed by atoms with E-state index in [0.717, 1.165) is 12.8 Å². The van der Waals surface area contributed by atoms with Gasteiger partial charge in [-0.1, -0.05) is 6.42 Å². The Morgan fingerprint density at radius 1 is 0.622 bits per heavy atom. The lowest BCUT2D eigenvalue weighted by molar-refractivity contribution is -0.139. The summed E-state index contributed by atoms with van der Waals surface area (Å²) in [6.07, 6.45) is 4.26. The summed E-state index contributed by atoms with van der Waals surface area (Å²) in [4.78, 5) is 43.6. The molecule has 0 aromatic carbocycles. The number of hydrogen-bond acceptors (Lipinski definition) is 11. The van der Waals surface area contributed by atoms with Gasteiger partial charge in [0.2, 0.25) is 0 Å². The topological polar surface area (TPSA) is 370 Å². The lowest BCUT2D eigenvalue weighted by atomic mass is 10.1. The fourth-order valence-corrected chi connectivity index (χ4v) is 1.74. The van der Waals surface area contributed by atoms with Crippen LogP contribution in [-0.2, 0) is 19.2 Å². The van der Waals surface area contributed by atoms with Crippen LogP contribution in [0.3, 0.4) is 0 Å². The van der Waals surface area contributed by atoms with Crippen molar-refractivity contribution in [2.75, 3.05) is 19.6 Å². The van der Waals surface area contributed by atoms with E-state index < -0.39 is 48.0 Å². The highest BCUT2D eigenvalue weighted by Crippen LogP contribution is 1.97. The molecule has 0 radical (unpaired) electrons. The van der Waals surface area contributed by atoms with Crippen molar-refractivity contribution in [3.8, 4) is 0 Å². The Hall–Kier alpha value is -3.09. The molecule has 17 nitrogen and oxygen atoms in total. The lowest BCUT2D eigenvalue weighted by Gasteiger charge is -2.03.